The molecule has 0 heterocycles. The summed E-state index contributed by atoms with van der Waals surface area (Å²) in [5, 5.41) is 6.74. The first-order valence-corrected chi connectivity index (χ1v) is 7.94. The second-order valence-corrected chi connectivity index (χ2v) is 5.76. The Hall–Kier alpha value is -3.07. The van der Waals surface area contributed by atoms with Crippen LogP contribution < -0.4 is 10.7 Å². The van der Waals surface area contributed by atoms with E-state index in [0.717, 1.165) is 33.8 Å². The zero-order valence-corrected chi connectivity index (χ0v) is 14.0. The van der Waals surface area contributed by atoms with E-state index in [-0.39, 0.29) is 0 Å². The quantitative estimate of drug-likeness (QED) is 0.438. The van der Waals surface area contributed by atoms with Crippen molar-refractivity contribution in [2.75, 3.05) is 17.8 Å². The van der Waals surface area contributed by atoms with Crippen LogP contribution in [0.3, 0.4) is 0 Å². The number of hydrogen-bond acceptors (Lipinski definition) is 3. The maximum absolute atomic E-state index is 6.24. The summed E-state index contributed by atoms with van der Waals surface area (Å²) in [5.41, 5.74) is 12.0. The third-order valence-corrected chi connectivity index (χ3v) is 3.89. The summed E-state index contributed by atoms with van der Waals surface area (Å²) in [6, 6.07) is 26.2. The number of nitrogen functional groups attached to an aromatic ring is 1. The number of anilines is 2. The zero-order chi connectivity index (χ0) is 16.9. The van der Waals surface area contributed by atoms with Crippen molar-refractivity contribution >= 4 is 17.1 Å². The molecule has 0 saturated heterocycles. The first-order chi connectivity index (χ1) is 11.6. The first-order valence-electron chi connectivity index (χ1n) is 7.94. The molecule has 120 valence electrons. The maximum atomic E-state index is 6.24. The van der Waals surface area contributed by atoms with Crippen molar-refractivity contribution in [2.24, 2.45) is 5.10 Å². The molecule has 3 aromatic rings. The van der Waals surface area contributed by atoms with Gasteiger partial charge in [-0.05, 0) is 31.2 Å². The van der Waals surface area contributed by atoms with Gasteiger partial charge in [-0.25, -0.2) is 0 Å². The van der Waals surface area contributed by atoms with Crippen LogP contribution in [-0.2, 0) is 0 Å². The molecule has 0 atom stereocenters. The standard InChI is InChI=1S/C21H21N3/c1-16-13-14-20(22)19(15-16)21(17-9-5-3-6-10-17)23-24(2)18-11-7-4-8-12-18/h3-15H,22H2,1-2H3/b23-21+. The third-order valence-electron chi connectivity index (χ3n) is 3.89. The maximum Gasteiger partial charge on any atom is 0.100 e. The number of nitrogens with zero attached hydrogens (tertiary/aromatic N) is 2. The van der Waals surface area contributed by atoms with E-state index >= 15 is 0 Å². The summed E-state index contributed by atoms with van der Waals surface area (Å²) in [6.45, 7) is 2.06. The molecular formula is C21H21N3. The largest absolute Gasteiger partial charge is 0.398 e. The lowest BCUT2D eigenvalue weighted by Crippen LogP contribution is -2.16. The van der Waals surface area contributed by atoms with Crippen LogP contribution in [0.5, 0.6) is 0 Å². The Morgan fingerprint density at radius 2 is 1.50 bits per heavy atom. The molecule has 0 bridgehead atoms. The van der Waals surface area contributed by atoms with Gasteiger partial charge >= 0.3 is 0 Å². The molecule has 0 radical (unpaired) electrons. The fourth-order valence-corrected chi connectivity index (χ4v) is 2.59. The molecule has 3 rings (SSSR count). The highest BCUT2D eigenvalue weighted by Gasteiger charge is 2.12. The van der Waals surface area contributed by atoms with Crippen LogP contribution in [0.15, 0.2) is 84.0 Å². The molecule has 0 saturated carbocycles. The summed E-state index contributed by atoms with van der Waals surface area (Å²) >= 11 is 0. The van der Waals surface area contributed by atoms with Crippen LogP contribution in [0.4, 0.5) is 11.4 Å². The van der Waals surface area contributed by atoms with Crippen LogP contribution in [0, 0.1) is 6.92 Å². The van der Waals surface area contributed by atoms with Gasteiger partial charge in [0.2, 0.25) is 0 Å². The van der Waals surface area contributed by atoms with Crippen molar-refractivity contribution in [3.63, 3.8) is 0 Å². The Morgan fingerprint density at radius 3 is 2.17 bits per heavy atom. The topological polar surface area (TPSA) is 41.6 Å². The van der Waals surface area contributed by atoms with E-state index in [4.69, 9.17) is 10.8 Å². The van der Waals surface area contributed by atoms with Gasteiger partial charge in [-0.2, -0.15) is 5.10 Å². The molecule has 0 fully saturated rings. The summed E-state index contributed by atoms with van der Waals surface area (Å²) < 4.78 is 0. The van der Waals surface area contributed by atoms with Gasteiger partial charge in [-0.15, -0.1) is 0 Å². The third kappa shape index (κ3) is 3.46. The highest BCUT2D eigenvalue weighted by atomic mass is 15.4. The minimum absolute atomic E-state index is 0.727. The second-order valence-electron chi connectivity index (χ2n) is 5.76. The van der Waals surface area contributed by atoms with Crippen LogP contribution >= 0.6 is 0 Å². The minimum Gasteiger partial charge on any atom is -0.398 e. The second kappa shape index (κ2) is 7.01. The van der Waals surface area contributed by atoms with E-state index in [0.29, 0.717) is 0 Å². The van der Waals surface area contributed by atoms with E-state index in [2.05, 4.69) is 25.1 Å². The monoisotopic (exact) mass is 315 g/mol. The summed E-state index contributed by atoms with van der Waals surface area (Å²) in [4.78, 5) is 0. The number of nitrogens with two attached hydrogens (primary N) is 1. The smallest absolute Gasteiger partial charge is 0.100 e. The minimum atomic E-state index is 0.727. The first kappa shape index (κ1) is 15.8. The highest BCUT2D eigenvalue weighted by Crippen LogP contribution is 2.21. The summed E-state index contributed by atoms with van der Waals surface area (Å²) in [5.74, 6) is 0. The number of para-hydroxylation sites is 1. The molecule has 24 heavy (non-hydrogen) atoms. The molecule has 0 aromatic heterocycles. The van der Waals surface area contributed by atoms with E-state index in [9.17, 15) is 0 Å². The predicted octanol–water partition coefficient (Wildman–Crippen LogP) is 4.47. The van der Waals surface area contributed by atoms with E-state index in [1.165, 1.54) is 0 Å². The molecule has 3 aromatic carbocycles. The Kier molecular flexibility index (Phi) is 4.62. The van der Waals surface area contributed by atoms with Crippen LogP contribution in [0.1, 0.15) is 16.7 Å². The number of benzene rings is 3. The van der Waals surface area contributed by atoms with Gasteiger partial charge < -0.3 is 5.73 Å². The van der Waals surface area contributed by atoms with Gasteiger partial charge in [0, 0.05) is 23.9 Å². The van der Waals surface area contributed by atoms with Crippen molar-refractivity contribution in [1.29, 1.82) is 0 Å². The lowest BCUT2D eigenvalue weighted by molar-refractivity contribution is 1.02. The van der Waals surface area contributed by atoms with E-state index in [1.54, 1.807) is 0 Å². The Morgan fingerprint density at radius 1 is 0.875 bits per heavy atom. The molecule has 0 aliphatic heterocycles. The average Bonchev–Trinajstić information content (AvgIpc) is 2.63. The molecule has 3 heteroatoms. The van der Waals surface area contributed by atoms with Crippen molar-refractivity contribution < 1.29 is 0 Å². The molecule has 0 unspecified atom stereocenters. The normalized spacial score (nSPS) is 11.3. The van der Waals surface area contributed by atoms with Gasteiger partial charge in [0.05, 0.1) is 5.69 Å². The highest BCUT2D eigenvalue weighted by molar-refractivity contribution is 6.16. The van der Waals surface area contributed by atoms with Gasteiger partial charge in [-0.3, -0.25) is 5.01 Å². The number of rotatable bonds is 4. The van der Waals surface area contributed by atoms with Crippen molar-refractivity contribution in [3.8, 4) is 0 Å². The summed E-state index contributed by atoms with van der Waals surface area (Å²) in [6.07, 6.45) is 0. The lowest BCUT2D eigenvalue weighted by atomic mass is 9.99. The lowest BCUT2D eigenvalue weighted by Gasteiger charge is -2.17. The predicted molar refractivity (Wildman–Crippen MR) is 103 cm³/mol. The fourth-order valence-electron chi connectivity index (χ4n) is 2.59. The van der Waals surface area contributed by atoms with Crippen molar-refractivity contribution in [3.05, 3.63) is 95.6 Å². The number of hydrogen-bond donors (Lipinski definition) is 1. The molecule has 2 N–H and O–H groups in total. The number of aryl methyl sites for hydroxylation is 1. The Labute approximate surface area is 143 Å². The van der Waals surface area contributed by atoms with Gasteiger partial charge in [0.15, 0.2) is 0 Å². The van der Waals surface area contributed by atoms with Crippen LogP contribution in [0.2, 0.25) is 0 Å². The molecule has 3 nitrogen and oxygen atoms in total. The van der Waals surface area contributed by atoms with E-state index < -0.39 is 0 Å². The number of hydrazone groups is 1. The van der Waals surface area contributed by atoms with E-state index in [1.807, 2.05) is 72.7 Å². The fraction of sp³-hybridized carbons (Fsp3) is 0.0952. The van der Waals surface area contributed by atoms with Gasteiger partial charge in [0.25, 0.3) is 0 Å². The van der Waals surface area contributed by atoms with Crippen molar-refractivity contribution in [1.82, 2.24) is 0 Å². The van der Waals surface area contributed by atoms with Gasteiger partial charge in [-0.1, -0.05) is 60.2 Å². The molecule has 0 aliphatic rings. The molecular weight excluding hydrogens is 294 g/mol. The molecule has 0 spiro atoms. The Balaban J connectivity index is 2.12. The average molecular weight is 315 g/mol. The summed E-state index contributed by atoms with van der Waals surface area (Å²) in [7, 11) is 1.95. The molecule has 0 amide bonds. The Bertz CT molecular complexity index is 839. The van der Waals surface area contributed by atoms with Crippen LogP contribution in [0.25, 0.3) is 0 Å². The van der Waals surface area contributed by atoms with Crippen LogP contribution in [-0.4, -0.2) is 12.8 Å². The molecule has 0 aliphatic carbocycles. The van der Waals surface area contributed by atoms with Gasteiger partial charge in [0.1, 0.15) is 5.71 Å². The van der Waals surface area contributed by atoms with Crippen molar-refractivity contribution in [2.45, 2.75) is 6.92 Å². The SMILES string of the molecule is Cc1ccc(N)c(/C(=N/N(C)c2ccccc2)c2ccccc2)c1. The zero-order valence-electron chi connectivity index (χ0n) is 14.0.